The Balaban J connectivity index is 2.36. The summed E-state index contributed by atoms with van der Waals surface area (Å²) in [6.45, 7) is 5.60. The zero-order valence-electron chi connectivity index (χ0n) is 13.9. The Hall–Kier alpha value is -2.89. The van der Waals surface area contributed by atoms with Crippen molar-refractivity contribution in [1.82, 2.24) is 4.98 Å². The second kappa shape index (κ2) is 7.12. The van der Waals surface area contributed by atoms with Crippen molar-refractivity contribution in [3.05, 3.63) is 59.9 Å². The number of carbonyl (C=O) groups is 2. The largest absolute Gasteiger partial charge is 0.477 e. The number of nitrogens with zero attached hydrogens (tertiary/aromatic N) is 2. The standard InChI is InChI=1S/C18H20N2O4/c1-18(2,3)24-17(23)20(12-13-7-5-4-6-8-13)14-9-10-19-15(11-14)16(21)22/h4-11H,12H2,1-3H3,(H,21,22). The second-order valence-electron chi connectivity index (χ2n) is 6.26. The lowest BCUT2D eigenvalue weighted by molar-refractivity contribution is 0.0575. The van der Waals surface area contributed by atoms with Crippen molar-refractivity contribution in [3.8, 4) is 0 Å². The Bertz CT molecular complexity index is 723. The summed E-state index contributed by atoms with van der Waals surface area (Å²) in [5.74, 6) is -1.15. The number of carboxylic acids is 1. The molecule has 0 atom stereocenters. The number of hydrogen-bond acceptors (Lipinski definition) is 4. The van der Waals surface area contributed by atoms with Crippen LogP contribution >= 0.6 is 0 Å². The van der Waals surface area contributed by atoms with Gasteiger partial charge in [0.1, 0.15) is 11.3 Å². The maximum atomic E-state index is 12.6. The van der Waals surface area contributed by atoms with E-state index in [0.29, 0.717) is 5.69 Å². The third kappa shape index (κ3) is 4.81. The van der Waals surface area contributed by atoms with Crippen LogP contribution in [0.4, 0.5) is 10.5 Å². The number of carboxylic acid groups (broad SMARTS) is 1. The average Bonchev–Trinajstić information content (AvgIpc) is 2.52. The van der Waals surface area contributed by atoms with Crippen LogP contribution < -0.4 is 4.90 Å². The van der Waals surface area contributed by atoms with Crippen LogP contribution in [0.2, 0.25) is 0 Å². The number of hydrogen-bond donors (Lipinski definition) is 1. The van der Waals surface area contributed by atoms with Crippen molar-refractivity contribution in [2.75, 3.05) is 4.90 Å². The summed E-state index contributed by atoms with van der Waals surface area (Å²) in [5.41, 5.74) is 0.529. The fourth-order valence-corrected chi connectivity index (χ4v) is 2.05. The number of benzene rings is 1. The molecular formula is C18H20N2O4. The van der Waals surface area contributed by atoms with Gasteiger partial charge in [0, 0.05) is 6.20 Å². The molecule has 1 heterocycles. The minimum absolute atomic E-state index is 0.130. The van der Waals surface area contributed by atoms with Crippen molar-refractivity contribution in [2.45, 2.75) is 32.9 Å². The van der Waals surface area contributed by atoms with Crippen molar-refractivity contribution in [3.63, 3.8) is 0 Å². The zero-order valence-corrected chi connectivity index (χ0v) is 13.9. The van der Waals surface area contributed by atoms with Crippen LogP contribution in [0.5, 0.6) is 0 Å². The Morgan fingerprint density at radius 1 is 1.17 bits per heavy atom. The Kier molecular flexibility index (Phi) is 5.18. The molecule has 1 aromatic carbocycles. The molecule has 6 heteroatoms. The van der Waals surface area contributed by atoms with Gasteiger partial charge in [-0.2, -0.15) is 0 Å². The number of pyridine rings is 1. The molecule has 0 saturated carbocycles. The van der Waals surface area contributed by atoms with Gasteiger partial charge in [-0.3, -0.25) is 4.90 Å². The molecule has 1 aromatic heterocycles. The lowest BCUT2D eigenvalue weighted by atomic mass is 10.2. The number of rotatable bonds is 4. The second-order valence-corrected chi connectivity index (χ2v) is 6.26. The highest BCUT2D eigenvalue weighted by Gasteiger charge is 2.24. The molecule has 126 valence electrons. The highest BCUT2D eigenvalue weighted by atomic mass is 16.6. The number of anilines is 1. The van der Waals surface area contributed by atoms with Crippen LogP contribution in [0.25, 0.3) is 0 Å². The molecule has 0 bridgehead atoms. The van der Waals surface area contributed by atoms with Gasteiger partial charge in [0.15, 0.2) is 0 Å². The first-order valence-electron chi connectivity index (χ1n) is 7.50. The van der Waals surface area contributed by atoms with Crippen molar-refractivity contribution < 1.29 is 19.4 Å². The molecule has 1 amide bonds. The van der Waals surface area contributed by atoms with E-state index in [1.165, 1.54) is 17.2 Å². The van der Waals surface area contributed by atoms with E-state index in [4.69, 9.17) is 9.84 Å². The summed E-state index contributed by atoms with van der Waals surface area (Å²) < 4.78 is 5.45. The molecule has 0 unspecified atom stereocenters. The number of ether oxygens (including phenoxy) is 1. The predicted octanol–water partition coefficient (Wildman–Crippen LogP) is 3.72. The first kappa shape index (κ1) is 17.5. The third-order valence-electron chi connectivity index (χ3n) is 3.07. The van der Waals surface area contributed by atoms with Gasteiger partial charge in [-0.05, 0) is 38.5 Å². The molecule has 0 spiro atoms. The minimum atomic E-state index is -1.15. The van der Waals surface area contributed by atoms with E-state index in [9.17, 15) is 9.59 Å². The van der Waals surface area contributed by atoms with E-state index >= 15 is 0 Å². The van der Waals surface area contributed by atoms with E-state index in [1.54, 1.807) is 26.8 Å². The summed E-state index contributed by atoms with van der Waals surface area (Å²) in [5, 5.41) is 9.11. The van der Waals surface area contributed by atoms with Gasteiger partial charge in [-0.25, -0.2) is 14.6 Å². The lowest BCUT2D eigenvalue weighted by Crippen LogP contribution is -2.36. The van der Waals surface area contributed by atoms with E-state index in [-0.39, 0.29) is 12.2 Å². The monoisotopic (exact) mass is 328 g/mol. The van der Waals surface area contributed by atoms with Crippen LogP contribution in [-0.4, -0.2) is 27.8 Å². The molecule has 1 N–H and O–H groups in total. The topological polar surface area (TPSA) is 79.7 Å². The minimum Gasteiger partial charge on any atom is -0.477 e. The molecule has 0 aliphatic carbocycles. The van der Waals surface area contributed by atoms with Crippen molar-refractivity contribution >= 4 is 17.7 Å². The third-order valence-corrected chi connectivity index (χ3v) is 3.07. The maximum absolute atomic E-state index is 12.6. The summed E-state index contributed by atoms with van der Waals surface area (Å²) >= 11 is 0. The van der Waals surface area contributed by atoms with Crippen molar-refractivity contribution in [1.29, 1.82) is 0 Å². The molecule has 0 aliphatic rings. The van der Waals surface area contributed by atoms with Crippen molar-refractivity contribution in [2.24, 2.45) is 0 Å². The molecule has 0 radical (unpaired) electrons. The molecule has 2 aromatic rings. The highest BCUT2D eigenvalue weighted by Crippen LogP contribution is 2.21. The quantitative estimate of drug-likeness (QED) is 0.925. The molecule has 2 rings (SSSR count). The van der Waals surface area contributed by atoms with Crippen LogP contribution in [-0.2, 0) is 11.3 Å². The highest BCUT2D eigenvalue weighted by molar-refractivity contribution is 5.91. The van der Waals surface area contributed by atoms with E-state index < -0.39 is 17.7 Å². The van der Waals surface area contributed by atoms with Gasteiger partial charge in [-0.1, -0.05) is 30.3 Å². The molecule has 6 nitrogen and oxygen atoms in total. The predicted molar refractivity (Wildman–Crippen MR) is 90.1 cm³/mol. The molecular weight excluding hydrogens is 308 g/mol. The van der Waals surface area contributed by atoms with E-state index in [1.807, 2.05) is 30.3 Å². The molecule has 24 heavy (non-hydrogen) atoms. The van der Waals surface area contributed by atoms with Gasteiger partial charge >= 0.3 is 12.1 Å². The van der Waals surface area contributed by atoms with Gasteiger partial charge in [0.25, 0.3) is 0 Å². The summed E-state index contributed by atoms with van der Waals surface area (Å²) in [7, 11) is 0. The number of aromatic nitrogens is 1. The van der Waals surface area contributed by atoms with E-state index in [2.05, 4.69) is 4.98 Å². The van der Waals surface area contributed by atoms with Crippen LogP contribution in [0.3, 0.4) is 0 Å². The van der Waals surface area contributed by atoms with Crippen LogP contribution in [0, 0.1) is 0 Å². The summed E-state index contributed by atoms with van der Waals surface area (Å²) in [6, 6.07) is 12.3. The van der Waals surface area contributed by atoms with Crippen LogP contribution in [0.15, 0.2) is 48.7 Å². The summed E-state index contributed by atoms with van der Waals surface area (Å²) in [6.07, 6.45) is 0.815. The fourth-order valence-electron chi connectivity index (χ4n) is 2.05. The first-order chi connectivity index (χ1) is 11.3. The molecule has 0 aliphatic heterocycles. The Morgan fingerprint density at radius 2 is 1.83 bits per heavy atom. The van der Waals surface area contributed by atoms with E-state index in [0.717, 1.165) is 5.56 Å². The normalized spacial score (nSPS) is 11.0. The number of amides is 1. The van der Waals surface area contributed by atoms with Gasteiger partial charge in [0.05, 0.1) is 12.2 Å². The Labute approximate surface area is 140 Å². The van der Waals surface area contributed by atoms with Gasteiger partial charge in [0.2, 0.25) is 0 Å². The maximum Gasteiger partial charge on any atom is 0.415 e. The average molecular weight is 328 g/mol. The summed E-state index contributed by atoms with van der Waals surface area (Å²) in [4.78, 5) is 28.9. The first-order valence-corrected chi connectivity index (χ1v) is 7.50. The SMILES string of the molecule is CC(C)(C)OC(=O)N(Cc1ccccc1)c1ccnc(C(=O)O)c1. The number of carbonyl (C=O) groups excluding carboxylic acids is 1. The smallest absolute Gasteiger partial charge is 0.415 e. The fraction of sp³-hybridized carbons (Fsp3) is 0.278. The lowest BCUT2D eigenvalue weighted by Gasteiger charge is -2.27. The molecule has 0 saturated heterocycles. The zero-order chi connectivity index (χ0) is 17.7. The number of aromatic carboxylic acids is 1. The van der Waals surface area contributed by atoms with Gasteiger partial charge in [-0.15, -0.1) is 0 Å². The Morgan fingerprint density at radius 3 is 2.42 bits per heavy atom. The van der Waals surface area contributed by atoms with Gasteiger partial charge < -0.3 is 9.84 Å². The van der Waals surface area contributed by atoms with Crippen LogP contribution in [0.1, 0.15) is 36.8 Å². The molecule has 0 fully saturated rings.